The predicted molar refractivity (Wildman–Crippen MR) is 91.3 cm³/mol. The molecule has 3 rings (SSSR count). The number of esters is 1. The lowest BCUT2D eigenvalue weighted by Crippen LogP contribution is -2.51. The van der Waals surface area contributed by atoms with Crippen molar-refractivity contribution >= 4 is 27.8 Å². The Labute approximate surface area is 151 Å². The van der Waals surface area contributed by atoms with Crippen LogP contribution in [0.2, 0.25) is 0 Å². The van der Waals surface area contributed by atoms with Gasteiger partial charge in [0.25, 0.3) is 0 Å². The van der Waals surface area contributed by atoms with Crippen molar-refractivity contribution in [3.8, 4) is 0 Å². The number of amides is 2. The Morgan fingerprint density at radius 3 is 2.42 bits per heavy atom. The maximum atomic E-state index is 12.4. The highest BCUT2D eigenvalue weighted by atomic mass is 32.2. The van der Waals surface area contributed by atoms with E-state index < -0.39 is 32.7 Å². The van der Waals surface area contributed by atoms with Gasteiger partial charge in [0, 0.05) is 12.8 Å². The maximum absolute atomic E-state index is 12.4. The number of ether oxygens (including phenoxy) is 1. The van der Waals surface area contributed by atoms with E-state index >= 15 is 0 Å². The fourth-order valence-electron chi connectivity index (χ4n) is 3.39. The lowest BCUT2D eigenvalue weighted by atomic mass is 9.89. The van der Waals surface area contributed by atoms with E-state index in [1.54, 1.807) is 31.2 Å². The van der Waals surface area contributed by atoms with Gasteiger partial charge in [0.05, 0.1) is 13.0 Å². The SMILES string of the molecule is CCOC(=O)C1(Cc2ccc(C3CC(=O)NS3(=O)=O)cc2)CCC(=O)N1. The molecule has 0 spiro atoms. The first-order valence-electron chi connectivity index (χ1n) is 8.37. The molecule has 0 aliphatic carbocycles. The third kappa shape index (κ3) is 3.44. The monoisotopic (exact) mass is 380 g/mol. The number of benzene rings is 1. The largest absolute Gasteiger partial charge is 0.464 e. The van der Waals surface area contributed by atoms with E-state index in [1.165, 1.54) is 0 Å². The molecule has 2 aliphatic heterocycles. The summed E-state index contributed by atoms with van der Waals surface area (Å²) in [6.07, 6.45) is 0.754. The van der Waals surface area contributed by atoms with Crippen molar-refractivity contribution in [1.29, 1.82) is 0 Å². The molecule has 140 valence electrons. The number of nitrogens with one attached hydrogen (secondary N) is 2. The van der Waals surface area contributed by atoms with Crippen LogP contribution in [-0.2, 0) is 35.6 Å². The van der Waals surface area contributed by atoms with Gasteiger partial charge in [-0.3, -0.25) is 14.3 Å². The third-order valence-corrected chi connectivity index (χ3v) is 6.38. The Balaban J connectivity index is 1.81. The summed E-state index contributed by atoms with van der Waals surface area (Å²) in [7, 11) is -3.70. The molecular formula is C17H20N2O6S. The Morgan fingerprint density at radius 2 is 1.92 bits per heavy atom. The normalized spacial score (nSPS) is 27.0. The molecule has 2 saturated heterocycles. The van der Waals surface area contributed by atoms with Crippen molar-refractivity contribution in [3.05, 3.63) is 35.4 Å². The number of hydrogen-bond acceptors (Lipinski definition) is 6. The highest BCUT2D eigenvalue weighted by molar-refractivity contribution is 7.90. The van der Waals surface area contributed by atoms with Gasteiger partial charge >= 0.3 is 5.97 Å². The molecule has 8 nitrogen and oxygen atoms in total. The van der Waals surface area contributed by atoms with Crippen LogP contribution >= 0.6 is 0 Å². The van der Waals surface area contributed by atoms with Gasteiger partial charge in [0.1, 0.15) is 10.8 Å². The second-order valence-corrected chi connectivity index (χ2v) is 8.40. The molecule has 26 heavy (non-hydrogen) atoms. The lowest BCUT2D eigenvalue weighted by Gasteiger charge is -2.26. The average molecular weight is 380 g/mol. The highest BCUT2D eigenvalue weighted by Crippen LogP contribution is 2.31. The molecule has 2 N–H and O–H groups in total. The fourth-order valence-corrected chi connectivity index (χ4v) is 4.82. The van der Waals surface area contributed by atoms with Crippen LogP contribution in [-0.4, -0.2) is 38.3 Å². The van der Waals surface area contributed by atoms with E-state index in [2.05, 4.69) is 5.32 Å². The minimum Gasteiger partial charge on any atom is -0.464 e. The van der Waals surface area contributed by atoms with Crippen molar-refractivity contribution in [2.24, 2.45) is 0 Å². The first-order chi connectivity index (χ1) is 12.3. The predicted octanol–water partition coefficient (Wildman–Crippen LogP) is 0.332. The van der Waals surface area contributed by atoms with E-state index in [4.69, 9.17) is 4.74 Å². The van der Waals surface area contributed by atoms with Gasteiger partial charge in [0.2, 0.25) is 21.8 Å². The second kappa shape index (κ2) is 6.71. The number of carbonyl (C=O) groups excluding carboxylic acids is 3. The van der Waals surface area contributed by atoms with Crippen LogP contribution in [0.1, 0.15) is 42.6 Å². The molecule has 0 aromatic heterocycles. The summed E-state index contributed by atoms with van der Waals surface area (Å²) < 4.78 is 31.0. The summed E-state index contributed by atoms with van der Waals surface area (Å²) >= 11 is 0. The molecule has 0 bridgehead atoms. The standard InChI is InChI=1S/C17H20N2O6S/c1-2-25-16(22)17(8-7-14(20)18-17)10-11-3-5-12(6-4-11)13-9-15(21)19-26(13,23)24/h3-6,13H,2,7-10H2,1H3,(H,18,20)(H,19,21). The third-order valence-electron chi connectivity index (χ3n) is 4.68. The molecule has 1 aromatic carbocycles. The van der Waals surface area contributed by atoms with Crippen LogP contribution in [0.5, 0.6) is 0 Å². The summed E-state index contributed by atoms with van der Waals surface area (Å²) in [5.41, 5.74) is 0.178. The van der Waals surface area contributed by atoms with Gasteiger partial charge in [-0.05, 0) is 24.5 Å². The molecular weight excluding hydrogens is 360 g/mol. The zero-order valence-electron chi connectivity index (χ0n) is 14.3. The van der Waals surface area contributed by atoms with E-state index in [-0.39, 0.29) is 31.8 Å². The van der Waals surface area contributed by atoms with E-state index in [1.807, 2.05) is 4.72 Å². The fraction of sp³-hybridized carbons (Fsp3) is 0.471. The summed E-state index contributed by atoms with van der Waals surface area (Å²) in [5, 5.41) is 1.82. The van der Waals surface area contributed by atoms with Gasteiger partial charge in [-0.1, -0.05) is 24.3 Å². The van der Waals surface area contributed by atoms with Gasteiger partial charge in [-0.15, -0.1) is 0 Å². The summed E-state index contributed by atoms with van der Waals surface area (Å²) in [6.45, 7) is 1.92. The lowest BCUT2D eigenvalue weighted by molar-refractivity contribution is -0.151. The zero-order valence-corrected chi connectivity index (χ0v) is 15.1. The molecule has 2 heterocycles. The van der Waals surface area contributed by atoms with Crippen molar-refractivity contribution in [2.45, 2.75) is 43.4 Å². The molecule has 1 aromatic rings. The van der Waals surface area contributed by atoms with Crippen LogP contribution in [0.3, 0.4) is 0 Å². The van der Waals surface area contributed by atoms with Crippen LogP contribution in [0.4, 0.5) is 0 Å². The molecule has 2 fully saturated rings. The van der Waals surface area contributed by atoms with E-state index in [9.17, 15) is 22.8 Å². The van der Waals surface area contributed by atoms with Gasteiger partial charge in [0.15, 0.2) is 0 Å². The molecule has 0 saturated carbocycles. The molecule has 0 radical (unpaired) electrons. The topological polar surface area (TPSA) is 119 Å². The zero-order chi connectivity index (χ0) is 18.9. The smallest absolute Gasteiger partial charge is 0.332 e. The molecule has 2 unspecified atom stereocenters. The number of rotatable bonds is 5. The van der Waals surface area contributed by atoms with Crippen molar-refractivity contribution < 1.29 is 27.5 Å². The highest BCUT2D eigenvalue weighted by Gasteiger charge is 2.46. The Morgan fingerprint density at radius 1 is 1.23 bits per heavy atom. The van der Waals surface area contributed by atoms with Crippen LogP contribution < -0.4 is 10.0 Å². The Bertz CT molecular complexity index is 849. The summed E-state index contributed by atoms with van der Waals surface area (Å²) in [4.78, 5) is 35.4. The minimum atomic E-state index is -3.70. The van der Waals surface area contributed by atoms with E-state index in [0.717, 1.165) is 5.56 Å². The van der Waals surface area contributed by atoms with E-state index in [0.29, 0.717) is 12.0 Å². The first kappa shape index (κ1) is 18.4. The van der Waals surface area contributed by atoms with Crippen molar-refractivity contribution in [3.63, 3.8) is 0 Å². The number of carbonyl (C=O) groups is 3. The van der Waals surface area contributed by atoms with Gasteiger partial charge in [-0.25, -0.2) is 13.2 Å². The van der Waals surface area contributed by atoms with Crippen molar-refractivity contribution in [1.82, 2.24) is 10.0 Å². The van der Waals surface area contributed by atoms with Crippen molar-refractivity contribution in [2.75, 3.05) is 6.61 Å². The molecule has 2 atom stereocenters. The first-order valence-corrected chi connectivity index (χ1v) is 9.92. The quantitative estimate of drug-likeness (QED) is 0.711. The summed E-state index contributed by atoms with van der Waals surface area (Å²) in [6, 6.07) is 6.68. The second-order valence-electron chi connectivity index (χ2n) is 6.53. The maximum Gasteiger partial charge on any atom is 0.332 e. The number of sulfonamides is 1. The Hall–Kier alpha value is -2.42. The number of hydrogen-bond donors (Lipinski definition) is 2. The average Bonchev–Trinajstić information content (AvgIpc) is 3.08. The van der Waals surface area contributed by atoms with Gasteiger partial charge < -0.3 is 10.1 Å². The van der Waals surface area contributed by atoms with Crippen LogP contribution in [0.25, 0.3) is 0 Å². The van der Waals surface area contributed by atoms with Crippen LogP contribution in [0.15, 0.2) is 24.3 Å². The van der Waals surface area contributed by atoms with Crippen LogP contribution in [0, 0.1) is 0 Å². The Kier molecular flexibility index (Phi) is 4.74. The van der Waals surface area contributed by atoms with Gasteiger partial charge in [-0.2, -0.15) is 0 Å². The summed E-state index contributed by atoms with van der Waals surface area (Å²) in [5.74, 6) is -1.19. The molecule has 2 aliphatic rings. The minimum absolute atomic E-state index is 0.107. The molecule has 9 heteroatoms. The molecule has 2 amide bonds.